The second-order valence-electron chi connectivity index (χ2n) is 7.92. The molecule has 0 saturated carbocycles. The van der Waals surface area contributed by atoms with Gasteiger partial charge in [-0.15, -0.1) is 0 Å². The number of rotatable bonds is 6. The number of nitrogens with zero attached hydrogens (tertiary/aromatic N) is 2. The molecular weight excluding hydrogens is 426 g/mol. The minimum Gasteiger partial charge on any atom is -0.285 e. The van der Waals surface area contributed by atoms with Crippen LogP contribution in [0.15, 0.2) is 89.5 Å². The molecule has 2 heterocycles. The van der Waals surface area contributed by atoms with E-state index >= 15 is 0 Å². The molecule has 1 aromatic heterocycles. The van der Waals surface area contributed by atoms with E-state index in [-0.39, 0.29) is 5.12 Å². The summed E-state index contributed by atoms with van der Waals surface area (Å²) in [5.74, 6) is 0. The summed E-state index contributed by atoms with van der Waals surface area (Å²) in [6.07, 6.45) is 7.13. The smallest absolute Gasteiger partial charge is 0.217 e. The Labute approximate surface area is 197 Å². The molecule has 5 heteroatoms. The lowest BCUT2D eigenvalue weighted by molar-refractivity contribution is -0.109. The third-order valence-electron chi connectivity index (χ3n) is 5.76. The zero-order valence-corrected chi connectivity index (χ0v) is 19.1. The van der Waals surface area contributed by atoms with Crippen LogP contribution in [0.3, 0.4) is 0 Å². The molecule has 0 unspecified atom stereocenters. The van der Waals surface area contributed by atoms with E-state index in [1.54, 1.807) is 0 Å². The van der Waals surface area contributed by atoms with Crippen molar-refractivity contribution in [2.45, 2.75) is 19.8 Å². The highest BCUT2D eigenvalue weighted by Crippen LogP contribution is 2.35. The maximum absolute atomic E-state index is 11.4. The zero-order chi connectivity index (χ0) is 22.6. The summed E-state index contributed by atoms with van der Waals surface area (Å²) in [6.45, 7) is 2.21. The van der Waals surface area contributed by atoms with Gasteiger partial charge < -0.3 is 0 Å². The van der Waals surface area contributed by atoms with E-state index in [2.05, 4.69) is 94.3 Å². The molecule has 0 atom stereocenters. The maximum Gasteiger partial charge on any atom is 0.217 e. The quantitative estimate of drug-likeness (QED) is 0.256. The highest BCUT2D eigenvalue weighted by molar-refractivity contribution is 8.13. The van der Waals surface area contributed by atoms with Crippen molar-refractivity contribution < 1.29 is 4.79 Å². The van der Waals surface area contributed by atoms with E-state index in [0.29, 0.717) is 6.42 Å². The van der Waals surface area contributed by atoms with Crippen LogP contribution in [0.5, 0.6) is 0 Å². The molecule has 1 aliphatic rings. The van der Waals surface area contributed by atoms with Crippen molar-refractivity contribution in [3.05, 3.63) is 107 Å². The summed E-state index contributed by atoms with van der Waals surface area (Å²) in [4.78, 5) is 11.4. The molecule has 162 valence electrons. The molecule has 0 spiro atoms. The molecule has 0 aliphatic carbocycles. The number of aromatic amines is 1. The number of H-pyrrole nitrogens is 1. The predicted octanol–water partition coefficient (Wildman–Crippen LogP) is 6.96. The second kappa shape index (κ2) is 9.43. The molecular formula is C28H23N3OS. The molecule has 0 bridgehead atoms. The Kier molecular flexibility index (Phi) is 6.05. The van der Waals surface area contributed by atoms with Gasteiger partial charge in [0.2, 0.25) is 5.12 Å². The fraction of sp³-hybridized carbons (Fsp3) is 0.107. The number of carbonyl (C=O) groups is 1. The third-order valence-corrected chi connectivity index (χ3v) is 6.44. The van der Waals surface area contributed by atoms with E-state index < -0.39 is 0 Å². The summed E-state index contributed by atoms with van der Waals surface area (Å²) in [5, 5.41) is 8.42. The molecule has 1 N–H and O–H groups in total. The van der Waals surface area contributed by atoms with Crippen LogP contribution < -0.4 is 0 Å². The van der Waals surface area contributed by atoms with Gasteiger partial charge in [-0.1, -0.05) is 73.7 Å². The molecule has 0 fully saturated rings. The highest BCUT2D eigenvalue weighted by Gasteiger charge is 2.15. The van der Waals surface area contributed by atoms with Crippen LogP contribution >= 0.6 is 11.9 Å². The van der Waals surface area contributed by atoms with E-state index in [0.717, 1.165) is 40.5 Å². The van der Waals surface area contributed by atoms with Crippen LogP contribution in [0.2, 0.25) is 0 Å². The SMILES string of the molecule is CC/C(=C(/c1ccc(/C=C/C2=NSC(=O)C2)cc1)c1ccc2[nH]ncc2c1)c1ccccc1. The monoisotopic (exact) mass is 449 g/mol. The highest BCUT2D eigenvalue weighted by atomic mass is 32.2. The van der Waals surface area contributed by atoms with Gasteiger partial charge >= 0.3 is 0 Å². The van der Waals surface area contributed by atoms with Gasteiger partial charge in [0.15, 0.2) is 0 Å². The summed E-state index contributed by atoms with van der Waals surface area (Å²) < 4.78 is 4.19. The Morgan fingerprint density at radius 3 is 2.48 bits per heavy atom. The average molecular weight is 450 g/mol. The van der Waals surface area contributed by atoms with Crippen LogP contribution in [0.4, 0.5) is 0 Å². The summed E-state index contributed by atoms with van der Waals surface area (Å²) >= 11 is 1.03. The van der Waals surface area contributed by atoms with Crippen LogP contribution in [0.1, 0.15) is 42.0 Å². The van der Waals surface area contributed by atoms with Crippen molar-refractivity contribution in [2.75, 3.05) is 0 Å². The van der Waals surface area contributed by atoms with Crippen molar-refractivity contribution in [1.82, 2.24) is 10.2 Å². The van der Waals surface area contributed by atoms with E-state index in [4.69, 9.17) is 0 Å². The Bertz CT molecular complexity index is 1400. The van der Waals surface area contributed by atoms with Gasteiger partial charge in [0, 0.05) is 5.39 Å². The van der Waals surface area contributed by atoms with Crippen molar-refractivity contribution in [2.24, 2.45) is 4.40 Å². The number of fused-ring (bicyclic) bond motifs is 1. The van der Waals surface area contributed by atoms with Crippen LogP contribution in [0.25, 0.3) is 28.1 Å². The lowest BCUT2D eigenvalue weighted by Crippen LogP contribution is -1.95. The summed E-state index contributed by atoms with van der Waals surface area (Å²) in [7, 11) is 0. The minimum atomic E-state index is 0.0994. The maximum atomic E-state index is 11.4. The molecule has 1 aliphatic heterocycles. The zero-order valence-electron chi connectivity index (χ0n) is 18.3. The fourth-order valence-electron chi connectivity index (χ4n) is 4.14. The van der Waals surface area contributed by atoms with Crippen molar-refractivity contribution >= 4 is 50.9 Å². The molecule has 4 aromatic rings. The van der Waals surface area contributed by atoms with Crippen LogP contribution in [-0.2, 0) is 4.79 Å². The normalized spacial score (nSPS) is 14.7. The molecule has 3 aromatic carbocycles. The molecule has 4 nitrogen and oxygen atoms in total. The van der Waals surface area contributed by atoms with E-state index in [1.807, 2.05) is 18.3 Å². The number of carbonyl (C=O) groups excluding carboxylic acids is 1. The lowest BCUT2D eigenvalue weighted by Gasteiger charge is -2.17. The first kappa shape index (κ1) is 21.2. The third kappa shape index (κ3) is 4.59. The second-order valence-corrected chi connectivity index (χ2v) is 8.74. The number of hydrogen-bond acceptors (Lipinski definition) is 4. The first-order valence-corrected chi connectivity index (χ1v) is 11.8. The fourth-order valence-corrected chi connectivity index (χ4v) is 4.70. The first-order valence-electron chi connectivity index (χ1n) is 11.0. The van der Waals surface area contributed by atoms with Gasteiger partial charge in [-0.2, -0.15) is 5.10 Å². The Balaban J connectivity index is 1.57. The van der Waals surface area contributed by atoms with Crippen molar-refractivity contribution in [3.8, 4) is 0 Å². The first-order chi connectivity index (χ1) is 16.2. The Hall–Kier alpha value is -3.70. The van der Waals surface area contributed by atoms with E-state index in [1.165, 1.54) is 27.8 Å². The Morgan fingerprint density at radius 1 is 0.970 bits per heavy atom. The van der Waals surface area contributed by atoms with Gasteiger partial charge in [0.05, 0.1) is 35.8 Å². The minimum absolute atomic E-state index is 0.0994. The number of aromatic nitrogens is 2. The molecule has 0 amide bonds. The topological polar surface area (TPSA) is 58.1 Å². The van der Waals surface area contributed by atoms with Gasteiger partial charge in [-0.3, -0.25) is 9.89 Å². The number of hydrogen-bond donors (Lipinski definition) is 1. The predicted molar refractivity (Wildman–Crippen MR) is 139 cm³/mol. The summed E-state index contributed by atoms with van der Waals surface area (Å²) in [6, 6.07) is 25.6. The largest absolute Gasteiger partial charge is 0.285 e. The van der Waals surface area contributed by atoms with Crippen LogP contribution in [-0.4, -0.2) is 21.0 Å². The molecule has 0 saturated heterocycles. The molecule has 5 rings (SSSR count). The van der Waals surface area contributed by atoms with Crippen molar-refractivity contribution in [3.63, 3.8) is 0 Å². The van der Waals surface area contributed by atoms with Crippen LogP contribution in [0, 0.1) is 0 Å². The van der Waals surface area contributed by atoms with Crippen molar-refractivity contribution in [1.29, 1.82) is 0 Å². The number of allylic oxidation sites excluding steroid dienone is 2. The van der Waals surface area contributed by atoms with E-state index in [9.17, 15) is 4.79 Å². The number of nitrogens with one attached hydrogen (secondary N) is 1. The average Bonchev–Trinajstić information content (AvgIpc) is 3.50. The van der Waals surface area contributed by atoms with Gasteiger partial charge in [0.1, 0.15) is 0 Å². The Morgan fingerprint density at radius 2 is 1.76 bits per heavy atom. The molecule has 33 heavy (non-hydrogen) atoms. The van der Waals surface area contributed by atoms with Gasteiger partial charge in [-0.25, -0.2) is 4.40 Å². The standard InChI is InChI=1S/C28H23N3OS/c1-2-25(20-6-4-3-5-7-20)28(22-13-15-26-23(16-22)18-29-30-26)21-11-8-19(9-12-21)10-14-24-17-27(32)33-31-24/h3-16,18H,2,17H2,1H3,(H,29,30)/b14-10+,28-25+. The summed E-state index contributed by atoms with van der Waals surface area (Å²) in [5.41, 5.74) is 9.02. The number of benzene rings is 3. The molecule has 0 radical (unpaired) electrons. The lowest BCUT2D eigenvalue weighted by atomic mass is 9.87. The van der Waals surface area contributed by atoms with Gasteiger partial charge in [-0.05, 0) is 58.0 Å². The van der Waals surface area contributed by atoms with Gasteiger partial charge in [0.25, 0.3) is 0 Å².